The largest absolute Gasteiger partial charge is 0.416 e. The number of hydrogen-bond acceptors (Lipinski definition) is 1. The van der Waals surface area contributed by atoms with Crippen LogP contribution in [-0.2, 0) is 12.7 Å². The Labute approximate surface area is 93.6 Å². The van der Waals surface area contributed by atoms with Gasteiger partial charge in [0.2, 0.25) is 0 Å². The first-order chi connectivity index (χ1) is 6.36. The summed E-state index contributed by atoms with van der Waals surface area (Å²) in [4.78, 5) is 0. The maximum atomic E-state index is 12.4. The molecule has 0 radical (unpaired) electrons. The van der Waals surface area contributed by atoms with Gasteiger partial charge in [-0.05, 0) is 52.8 Å². The van der Waals surface area contributed by atoms with Gasteiger partial charge in [-0.25, -0.2) is 0 Å². The fourth-order valence-electron chi connectivity index (χ4n) is 1.15. The zero-order valence-electron chi connectivity index (χ0n) is 7.45. The topological polar surface area (TPSA) is 26.0 Å². The molecule has 0 aliphatic carbocycles. The van der Waals surface area contributed by atoms with Crippen LogP contribution in [0.5, 0.6) is 0 Å². The molecule has 0 saturated heterocycles. The maximum absolute atomic E-state index is 12.4. The smallest absolute Gasteiger partial charge is 0.326 e. The average molecular weight is 315 g/mol. The Hall–Kier alpha value is -0.300. The van der Waals surface area contributed by atoms with Crippen molar-refractivity contribution in [2.24, 2.45) is 5.73 Å². The van der Waals surface area contributed by atoms with Crippen molar-refractivity contribution in [2.45, 2.75) is 19.6 Å². The molecule has 0 atom stereocenters. The Kier molecular flexibility index (Phi) is 3.41. The van der Waals surface area contributed by atoms with E-state index in [4.69, 9.17) is 5.73 Å². The Balaban J connectivity index is 3.30. The van der Waals surface area contributed by atoms with Gasteiger partial charge in [0.05, 0.1) is 5.56 Å². The van der Waals surface area contributed by atoms with E-state index in [-0.39, 0.29) is 6.54 Å². The molecule has 2 N–H and O–H groups in total. The van der Waals surface area contributed by atoms with Gasteiger partial charge in [-0.15, -0.1) is 0 Å². The van der Waals surface area contributed by atoms with Gasteiger partial charge < -0.3 is 5.73 Å². The van der Waals surface area contributed by atoms with Crippen LogP contribution in [0, 0.1) is 10.5 Å². The highest BCUT2D eigenvalue weighted by atomic mass is 127. The Morgan fingerprint density at radius 2 is 1.93 bits per heavy atom. The molecule has 0 heterocycles. The summed E-state index contributed by atoms with van der Waals surface area (Å²) < 4.78 is 37.9. The quantitative estimate of drug-likeness (QED) is 0.792. The minimum atomic E-state index is -4.29. The van der Waals surface area contributed by atoms with E-state index in [0.717, 1.165) is 15.7 Å². The van der Waals surface area contributed by atoms with Crippen LogP contribution in [0.25, 0.3) is 0 Å². The van der Waals surface area contributed by atoms with Crippen LogP contribution in [0.1, 0.15) is 16.7 Å². The van der Waals surface area contributed by atoms with Crippen LogP contribution in [0.2, 0.25) is 0 Å². The zero-order chi connectivity index (χ0) is 10.9. The number of aryl methyl sites for hydroxylation is 1. The van der Waals surface area contributed by atoms with Gasteiger partial charge in [0.1, 0.15) is 0 Å². The second-order valence-electron chi connectivity index (χ2n) is 2.97. The predicted molar refractivity (Wildman–Crippen MR) is 56.8 cm³/mol. The molecule has 0 aliphatic rings. The van der Waals surface area contributed by atoms with Gasteiger partial charge in [0.15, 0.2) is 0 Å². The van der Waals surface area contributed by atoms with E-state index in [1.807, 2.05) is 22.6 Å². The lowest BCUT2D eigenvalue weighted by Gasteiger charge is -2.11. The summed E-state index contributed by atoms with van der Waals surface area (Å²) in [7, 11) is 0. The second kappa shape index (κ2) is 4.06. The lowest BCUT2D eigenvalue weighted by atomic mass is 10.1. The molecule has 1 aromatic carbocycles. The first kappa shape index (κ1) is 11.8. The minimum absolute atomic E-state index is 0.128. The van der Waals surface area contributed by atoms with E-state index in [1.165, 1.54) is 0 Å². The molecule has 0 bridgehead atoms. The van der Waals surface area contributed by atoms with E-state index in [9.17, 15) is 13.2 Å². The van der Waals surface area contributed by atoms with Crippen LogP contribution in [0.3, 0.4) is 0 Å². The third-order valence-electron chi connectivity index (χ3n) is 1.88. The SMILES string of the molecule is Cc1cc(C(F)(F)F)cc(CN)c1I. The van der Waals surface area contributed by atoms with Crippen LogP contribution in [0.15, 0.2) is 12.1 Å². The number of halogens is 4. The van der Waals surface area contributed by atoms with Gasteiger partial charge in [0.25, 0.3) is 0 Å². The fourth-order valence-corrected chi connectivity index (χ4v) is 1.69. The number of hydrogen-bond donors (Lipinski definition) is 1. The number of rotatable bonds is 1. The molecule has 0 aromatic heterocycles. The van der Waals surface area contributed by atoms with Crippen molar-refractivity contribution >= 4 is 22.6 Å². The molecule has 78 valence electrons. The van der Waals surface area contributed by atoms with Gasteiger partial charge in [-0.2, -0.15) is 13.2 Å². The summed E-state index contributed by atoms with van der Waals surface area (Å²) in [5, 5.41) is 0. The maximum Gasteiger partial charge on any atom is 0.416 e. The highest BCUT2D eigenvalue weighted by Gasteiger charge is 2.31. The molecule has 1 aromatic rings. The molecular weight excluding hydrogens is 306 g/mol. The number of nitrogens with two attached hydrogens (primary N) is 1. The molecule has 14 heavy (non-hydrogen) atoms. The Morgan fingerprint density at radius 1 is 1.36 bits per heavy atom. The monoisotopic (exact) mass is 315 g/mol. The highest BCUT2D eigenvalue weighted by Crippen LogP contribution is 2.32. The lowest BCUT2D eigenvalue weighted by molar-refractivity contribution is -0.137. The minimum Gasteiger partial charge on any atom is -0.326 e. The summed E-state index contributed by atoms with van der Waals surface area (Å²) in [6.45, 7) is 1.78. The van der Waals surface area contributed by atoms with Gasteiger partial charge >= 0.3 is 6.18 Å². The lowest BCUT2D eigenvalue weighted by Crippen LogP contribution is -2.09. The summed E-state index contributed by atoms with van der Waals surface area (Å²) in [6, 6.07) is 2.25. The summed E-state index contributed by atoms with van der Waals surface area (Å²) in [6.07, 6.45) is -4.29. The zero-order valence-corrected chi connectivity index (χ0v) is 9.61. The van der Waals surface area contributed by atoms with Crippen molar-refractivity contribution in [3.8, 4) is 0 Å². The molecule has 1 rings (SSSR count). The first-order valence-corrected chi connectivity index (χ1v) is 5.00. The predicted octanol–water partition coefficient (Wildman–Crippen LogP) is 3.08. The van der Waals surface area contributed by atoms with Crippen molar-refractivity contribution in [3.63, 3.8) is 0 Å². The normalized spacial score (nSPS) is 11.9. The molecule has 0 amide bonds. The molecule has 5 heteroatoms. The van der Waals surface area contributed by atoms with Crippen molar-refractivity contribution in [3.05, 3.63) is 32.4 Å². The Bertz CT molecular complexity index is 347. The van der Waals surface area contributed by atoms with E-state index in [2.05, 4.69) is 0 Å². The van der Waals surface area contributed by atoms with E-state index in [1.54, 1.807) is 6.92 Å². The van der Waals surface area contributed by atoms with Crippen molar-refractivity contribution in [1.29, 1.82) is 0 Å². The van der Waals surface area contributed by atoms with Crippen LogP contribution in [-0.4, -0.2) is 0 Å². The number of benzene rings is 1. The van der Waals surface area contributed by atoms with E-state index in [0.29, 0.717) is 11.1 Å². The Morgan fingerprint density at radius 3 is 2.36 bits per heavy atom. The molecule has 0 unspecified atom stereocenters. The van der Waals surface area contributed by atoms with Crippen molar-refractivity contribution < 1.29 is 13.2 Å². The molecule has 0 saturated carbocycles. The molecule has 1 nitrogen and oxygen atoms in total. The molecule has 0 fully saturated rings. The van der Waals surface area contributed by atoms with Crippen molar-refractivity contribution in [1.82, 2.24) is 0 Å². The third-order valence-corrected chi connectivity index (χ3v) is 3.42. The third kappa shape index (κ3) is 2.38. The van der Waals surface area contributed by atoms with E-state index < -0.39 is 11.7 Å². The van der Waals surface area contributed by atoms with Gasteiger partial charge in [-0.1, -0.05) is 0 Å². The average Bonchev–Trinajstić information content (AvgIpc) is 2.07. The summed E-state index contributed by atoms with van der Waals surface area (Å²) in [5.41, 5.74) is 5.88. The fraction of sp³-hybridized carbons (Fsp3) is 0.333. The molecular formula is C9H9F3IN. The standard InChI is InChI=1S/C9H9F3IN/c1-5-2-7(9(10,11)12)3-6(4-14)8(5)13/h2-3H,4,14H2,1H3. The highest BCUT2D eigenvalue weighted by molar-refractivity contribution is 14.1. The molecule has 0 aliphatic heterocycles. The van der Waals surface area contributed by atoms with Gasteiger partial charge in [-0.3, -0.25) is 0 Å². The second-order valence-corrected chi connectivity index (χ2v) is 4.05. The first-order valence-electron chi connectivity index (χ1n) is 3.92. The van der Waals surface area contributed by atoms with Gasteiger partial charge in [0, 0.05) is 10.1 Å². The van der Waals surface area contributed by atoms with Crippen LogP contribution < -0.4 is 5.73 Å². The van der Waals surface area contributed by atoms with E-state index >= 15 is 0 Å². The van der Waals surface area contributed by atoms with Crippen LogP contribution in [0.4, 0.5) is 13.2 Å². The van der Waals surface area contributed by atoms with Crippen LogP contribution >= 0.6 is 22.6 Å². The summed E-state index contributed by atoms with van der Waals surface area (Å²) in [5.74, 6) is 0. The summed E-state index contributed by atoms with van der Waals surface area (Å²) >= 11 is 2.00. The molecule has 0 spiro atoms. The van der Waals surface area contributed by atoms with Crippen molar-refractivity contribution in [2.75, 3.05) is 0 Å². The number of alkyl halides is 3.